The Balaban J connectivity index is 2.75. The Hall–Kier alpha value is -1.51. The zero-order valence-corrected chi connectivity index (χ0v) is 7.78. The van der Waals surface area contributed by atoms with E-state index in [1.807, 2.05) is 13.8 Å². The lowest BCUT2D eigenvalue weighted by molar-refractivity contribution is 0.100. The summed E-state index contributed by atoms with van der Waals surface area (Å²) in [4.78, 5) is 10.7. The van der Waals surface area contributed by atoms with Crippen LogP contribution in [0, 0.1) is 0 Å². The SMILES string of the molecule is CC(C)Oc1ccc(C(N)=O)cc1. The Labute approximate surface area is 77.5 Å². The van der Waals surface area contributed by atoms with Crippen LogP contribution in [0.1, 0.15) is 24.2 Å². The maximum Gasteiger partial charge on any atom is 0.248 e. The maximum atomic E-state index is 10.7. The number of hydrogen-bond acceptors (Lipinski definition) is 2. The molecule has 0 aromatic heterocycles. The normalized spacial score (nSPS) is 10.1. The van der Waals surface area contributed by atoms with Crippen molar-refractivity contribution in [2.75, 3.05) is 0 Å². The van der Waals surface area contributed by atoms with Crippen molar-refractivity contribution in [2.45, 2.75) is 20.0 Å². The van der Waals surface area contributed by atoms with E-state index in [9.17, 15) is 4.79 Å². The van der Waals surface area contributed by atoms with E-state index in [1.165, 1.54) is 0 Å². The first kappa shape index (κ1) is 9.58. The summed E-state index contributed by atoms with van der Waals surface area (Å²) >= 11 is 0. The number of carbonyl (C=O) groups is 1. The van der Waals surface area contributed by atoms with Gasteiger partial charge in [-0.3, -0.25) is 4.79 Å². The van der Waals surface area contributed by atoms with Crippen molar-refractivity contribution in [3.63, 3.8) is 0 Å². The van der Waals surface area contributed by atoms with Crippen LogP contribution in [0.3, 0.4) is 0 Å². The molecule has 0 unspecified atom stereocenters. The van der Waals surface area contributed by atoms with Crippen LogP contribution in [-0.4, -0.2) is 12.0 Å². The number of hydrogen-bond donors (Lipinski definition) is 1. The largest absolute Gasteiger partial charge is 0.491 e. The predicted octanol–water partition coefficient (Wildman–Crippen LogP) is 1.57. The van der Waals surface area contributed by atoms with Crippen LogP contribution in [0.25, 0.3) is 0 Å². The van der Waals surface area contributed by atoms with Crippen molar-refractivity contribution in [3.05, 3.63) is 29.8 Å². The molecule has 0 aliphatic heterocycles. The molecule has 0 saturated heterocycles. The second-order valence-electron chi connectivity index (χ2n) is 3.06. The lowest BCUT2D eigenvalue weighted by Crippen LogP contribution is -2.11. The van der Waals surface area contributed by atoms with Gasteiger partial charge in [-0.25, -0.2) is 0 Å². The third-order valence-corrected chi connectivity index (χ3v) is 1.51. The standard InChI is InChI=1S/C10H13NO2/c1-7(2)13-9-5-3-8(4-6-9)10(11)12/h3-7H,1-2H3,(H2,11,12). The Morgan fingerprint density at radius 3 is 2.23 bits per heavy atom. The fourth-order valence-corrected chi connectivity index (χ4v) is 0.970. The molecule has 2 N–H and O–H groups in total. The molecule has 0 fully saturated rings. The first-order valence-corrected chi connectivity index (χ1v) is 4.16. The number of carbonyl (C=O) groups excluding carboxylic acids is 1. The predicted molar refractivity (Wildman–Crippen MR) is 50.7 cm³/mol. The van der Waals surface area contributed by atoms with Gasteiger partial charge in [0.1, 0.15) is 5.75 Å². The van der Waals surface area contributed by atoms with Gasteiger partial charge in [0.25, 0.3) is 0 Å². The van der Waals surface area contributed by atoms with Crippen molar-refractivity contribution >= 4 is 5.91 Å². The van der Waals surface area contributed by atoms with Gasteiger partial charge >= 0.3 is 0 Å². The minimum absolute atomic E-state index is 0.138. The van der Waals surface area contributed by atoms with Crippen LogP contribution in [0.4, 0.5) is 0 Å². The molecule has 3 heteroatoms. The van der Waals surface area contributed by atoms with Crippen LogP contribution in [0.2, 0.25) is 0 Å². The molecular formula is C10H13NO2. The second-order valence-corrected chi connectivity index (χ2v) is 3.06. The highest BCUT2D eigenvalue weighted by Gasteiger charge is 2.00. The van der Waals surface area contributed by atoms with Gasteiger partial charge in [-0.2, -0.15) is 0 Å². The van der Waals surface area contributed by atoms with Crippen LogP contribution < -0.4 is 10.5 Å². The van der Waals surface area contributed by atoms with Crippen molar-refractivity contribution in [1.29, 1.82) is 0 Å². The number of amides is 1. The van der Waals surface area contributed by atoms with E-state index in [1.54, 1.807) is 24.3 Å². The molecule has 1 aromatic carbocycles. The van der Waals surface area contributed by atoms with E-state index in [-0.39, 0.29) is 6.10 Å². The zero-order valence-electron chi connectivity index (χ0n) is 7.78. The smallest absolute Gasteiger partial charge is 0.248 e. The van der Waals surface area contributed by atoms with Gasteiger partial charge in [-0.1, -0.05) is 0 Å². The number of ether oxygens (including phenoxy) is 1. The van der Waals surface area contributed by atoms with Crippen LogP contribution in [0.15, 0.2) is 24.3 Å². The van der Waals surface area contributed by atoms with E-state index in [4.69, 9.17) is 10.5 Å². The topological polar surface area (TPSA) is 52.3 Å². The Bertz CT molecular complexity index is 290. The van der Waals surface area contributed by atoms with Crippen LogP contribution >= 0.6 is 0 Å². The number of rotatable bonds is 3. The minimum atomic E-state index is -0.420. The van der Waals surface area contributed by atoms with E-state index in [2.05, 4.69) is 0 Å². The molecule has 0 atom stereocenters. The quantitative estimate of drug-likeness (QED) is 0.765. The van der Waals surface area contributed by atoms with E-state index >= 15 is 0 Å². The van der Waals surface area contributed by atoms with Crippen molar-refractivity contribution in [3.8, 4) is 5.75 Å². The first-order valence-electron chi connectivity index (χ1n) is 4.16. The highest BCUT2D eigenvalue weighted by atomic mass is 16.5. The van der Waals surface area contributed by atoms with Crippen molar-refractivity contribution in [2.24, 2.45) is 5.73 Å². The van der Waals surface area contributed by atoms with E-state index < -0.39 is 5.91 Å². The number of benzene rings is 1. The van der Waals surface area contributed by atoms with Crippen LogP contribution in [-0.2, 0) is 0 Å². The highest BCUT2D eigenvalue weighted by molar-refractivity contribution is 5.92. The number of nitrogens with two attached hydrogens (primary N) is 1. The number of primary amides is 1. The molecule has 0 bridgehead atoms. The van der Waals surface area contributed by atoms with Gasteiger partial charge in [-0.15, -0.1) is 0 Å². The minimum Gasteiger partial charge on any atom is -0.491 e. The van der Waals surface area contributed by atoms with Gasteiger partial charge in [0, 0.05) is 5.56 Å². The lowest BCUT2D eigenvalue weighted by Gasteiger charge is -2.09. The van der Waals surface area contributed by atoms with Gasteiger partial charge in [0.15, 0.2) is 0 Å². The molecule has 70 valence electrons. The average molecular weight is 179 g/mol. The van der Waals surface area contributed by atoms with E-state index in [0.29, 0.717) is 5.56 Å². The molecule has 0 aliphatic rings. The Morgan fingerprint density at radius 2 is 1.85 bits per heavy atom. The Morgan fingerprint density at radius 1 is 1.31 bits per heavy atom. The molecule has 0 aliphatic carbocycles. The summed E-state index contributed by atoms with van der Waals surface area (Å²) in [5.41, 5.74) is 5.58. The molecule has 0 saturated carbocycles. The fraction of sp³-hybridized carbons (Fsp3) is 0.300. The molecular weight excluding hydrogens is 166 g/mol. The van der Waals surface area contributed by atoms with Gasteiger partial charge in [0.05, 0.1) is 6.10 Å². The van der Waals surface area contributed by atoms with Crippen molar-refractivity contribution < 1.29 is 9.53 Å². The highest BCUT2D eigenvalue weighted by Crippen LogP contribution is 2.13. The summed E-state index contributed by atoms with van der Waals surface area (Å²) < 4.78 is 5.40. The zero-order chi connectivity index (χ0) is 9.84. The molecule has 0 heterocycles. The first-order chi connectivity index (χ1) is 6.09. The third kappa shape index (κ3) is 2.78. The molecule has 1 aromatic rings. The summed E-state index contributed by atoms with van der Waals surface area (Å²) in [5, 5.41) is 0. The fourth-order valence-electron chi connectivity index (χ4n) is 0.970. The summed E-state index contributed by atoms with van der Waals surface area (Å²) in [6.07, 6.45) is 0.138. The summed E-state index contributed by atoms with van der Waals surface area (Å²) in [6.45, 7) is 3.89. The summed E-state index contributed by atoms with van der Waals surface area (Å²) in [6, 6.07) is 6.78. The molecule has 0 radical (unpaired) electrons. The average Bonchev–Trinajstić information content (AvgIpc) is 2.04. The molecule has 3 nitrogen and oxygen atoms in total. The molecule has 1 amide bonds. The van der Waals surface area contributed by atoms with Gasteiger partial charge in [0.2, 0.25) is 5.91 Å². The lowest BCUT2D eigenvalue weighted by atomic mass is 10.2. The van der Waals surface area contributed by atoms with Crippen molar-refractivity contribution in [1.82, 2.24) is 0 Å². The van der Waals surface area contributed by atoms with E-state index in [0.717, 1.165) is 5.75 Å². The van der Waals surface area contributed by atoms with Gasteiger partial charge < -0.3 is 10.5 Å². The Kier molecular flexibility index (Phi) is 2.90. The molecule has 13 heavy (non-hydrogen) atoms. The summed E-state index contributed by atoms with van der Waals surface area (Å²) in [5.74, 6) is 0.330. The molecule has 1 rings (SSSR count). The monoisotopic (exact) mass is 179 g/mol. The van der Waals surface area contributed by atoms with Crippen LogP contribution in [0.5, 0.6) is 5.75 Å². The van der Waals surface area contributed by atoms with Gasteiger partial charge in [-0.05, 0) is 38.1 Å². The molecule has 0 spiro atoms. The third-order valence-electron chi connectivity index (χ3n) is 1.51. The summed E-state index contributed by atoms with van der Waals surface area (Å²) in [7, 11) is 0. The second kappa shape index (κ2) is 3.94. The maximum absolute atomic E-state index is 10.7.